The number of hydrogen-bond donors (Lipinski definition) is 1. The SMILES string of the molecule is Cc1ncccc1N1CC(C(=O)Nc2ccc(C3CCN(C(=O)C4CCCCC4)CC3)cc2)C1. The highest BCUT2D eigenvalue weighted by molar-refractivity contribution is 5.94. The van der Waals surface area contributed by atoms with Gasteiger partial charge in [-0.1, -0.05) is 31.4 Å². The van der Waals surface area contributed by atoms with Crippen molar-refractivity contribution in [1.29, 1.82) is 0 Å². The summed E-state index contributed by atoms with van der Waals surface area (Å²) < 4.78 is 0. The van der Waals surface area contributed by atoms with Gasteiger partial charge >= 0.3 is 0 Å². The fraction of sp³-hybridized carbons (Fsp3) is 0.536. The first-order chi connectivity index (χ1) is 16.6. The molecule has 6 nitrogen and oxygen atoms in total. The van der Waals surface area contributed by atoms with Crippen molar-refractivity contribution >= 4 is 23.2 Å². The molecule has 2 amide bonds. The van der Waals surface area contributed by atoms with Crippen molar-refractivity contribution < 1.29 is 9.59 Å². The maximum absolute atomic E-state index is 12.8. The molecule has 6 heteroatoms. The molecular formula is C28H36N4O2. The van der Waals surface area contributed by atoms with Gasteiger partial charge in [-0.15, -0.1) is 0 Å². The Balaban J connectivity index is 1.08. The van der Waals surface area contributed by atoms with Crippen LogP contribution >= 0.6 is 0 Å². The zero-order chi connectivity index (χ0) is 23.5. The van der Waals surface area contributed by atoms with Crippen LogP contribution in [0.25, 0.3) is 0 Å². The van der Waals surface area contributed by atoms with E-state index in [-0.39, 0.29) is 17.7 Å². The molecule has 0 spiro atoms. The molecule has 1 N–H and O–H groups in total. The third-order valence-corrected chi connectivity index (χ3v) is 7.98. The first kappa shape index (κ1) is 22.9. The number of carbonyl (C=O) groups excluding carboxylic acids is 2. The van der Waals surface area contributed by atoms with Crippen molar-refractivity contribution in [1.82, 2.24) is 9.88 Å². The predicted octanol–water partition coefficient (Wildman–Crippen LogP) is 4.75. The highest BCUT2D eigenvalue weighted by atomic mass is 16.2. The van der Waals surface area contributed by atoms with Crippen LogP contribution < -0.4 is 10.2 Å². The lowest BCUT2D eigenvalue weighted by atomic mass is 9.86. The van der Waals surface area contributed by atoms with Crippen LogP contribution in [0.1, 0.15) is 62.1 Å². The van der Waals surface area contributed by atoms with Crippen molar-refractivity contribution in [3.63, 3.8) is 0 Å². The Morgan fingerprint density at radius 2 is 1.62 bits per heavy atom. The molecule has 3 heterocycles. The molecule has 3 aliphatic rings. The third-order valence-electron chi connectivity index (χ3n) is 7.98. The molecule has 1 aromatic carbocycles. The fourth-order valence-corrected chi connectivity index (χ4v) is 5.77. The largest absolute Gasteiger partial charge is 0.368 e. The summed E-state index contributed by atoms with van der Waals surface area (Å²) in [5, 5.41) is 3.08. The van der Waals surface area contributed by atoms with Crippen molar-refractivity contribution in [2.75, 3.05) is 36.4 Å². The van der Waals surface area contributed by atoms with Gasteiger partial charge in [-0.2, -0.15) is 0 Å². The minimum atomic E-state index is 0.00492. The number of carbonyl (C=O) groups is 2. The molecule has 180 valence electrons. The van der Waals surface area contributed by atoms with Crippen molar-refractivity contribution in [2.45, 2.75) is 57.8 Å². The van der Waals surface area contributed by atoms with Gasteiger partial charge in [0, 0.05) is 44.0 Å². The number of rotatable bonds is 5. The van der Waals surface area contributed by atoms with Crippen LogP contribution in [0.3, 0.4) is 0 Å². The second-order valence-corrected chi connectivity index (χ2v) is 10.3. The van der Waals surface area contributed by atoms with E-state index in [0.29, 0.717) is 11.8 Å². The van der Waals surface area contributed by atoms with Gasteiger partial charge in [0.15, 0.2) is 0 Å². The molecule has 1 saturated carbocycles. The summed E-state index contributed by atoms with van der Waals surface area (Å²) in [6.07, 6.45) is 9.70. The Morgan fingerprint density at radius 1 is 0.912 bits per heavy atom. The van der Waals surface area contributed by atoms with Gasteiger partial charge < -0.3 is 15.1 Å². The number of nitrogens with one attached hydrogen (secondary N) is 1. The Morgan fingerprint density at radius 3 is 2.29 bits per heavy atom. The zero-order valence-electron chi connectivity index (χ0n) is 20.2. The first-order valence-electron chi connectivity index (χ1n) is 12.9. The van der Waals surface area contributed by atoms with Crippen LogP contribution in [0.5, 0.6) is 0 Å². The summed E-state index contributed by atoms with van der Waals surface area (Å²) in [5.74, 6) is 1.24. The summed E-state index contributed by atoms with van der Waals surface area (Å²) in [5.41, 5.74) is 4.28. The molecule has 0 bridgehead atoms. The second kappa shape index (κ2) is 10.2. The van der Waals surface area contributed by atoms with Crippen molar-refractivity contribution in [3.05, 3.63) is 53.9 Å². The number of piperidine rings is 1. The lowest BCUT2D eigenvalue weighted by molar-refractivity contribution is -0.137. The van der Waals surface area contributed by atoms with Crippen LogP contribution in [0.4, 0.5) is 11.4 Å². The third kappa shape index (κ3) is 4.96. The second-order valence-electron chi connectivity index (χ2n) is 10.3. The summed E-state index contributed by atoms with van der Waals surface area (Å²) in [7, 11) is 0. The van der Waals surface area contributed by atoms with E-state index in [0.717, 1.165) is 68.9 Å². The molecule has 0 atom stereocenters. The molecule has 2 aliphatic heterocycles. The summed E-state index contributed by atoms with van der Waals surface area (Å²) in [6, 6.07) is 12.3. The van der Waals surface area contributed by atoms with E-state index in [1.54, 1.807) is 6.20 Å². The topological polar surface area (TPSA) is 65.5 Å². The van der Waals surface area contributed by atoms with Crippen LogP contribution in [-0.4, -0.2) is 47.9 Å². The summed E-state index contributed by atoms with van der Waals surface area (Å²) >= 11 is 0. The average Bonchev–Trinajstić information content (AvgIpc) is 2.85. The van der Waals surface area contributed by atoms with Gasteiger partial charge in [-0.3, -0.25) is 14.6 Å². The minimum absolute atomic E-state index is 0.00492. The Labute approximate surface area is 202 Å². The fourth-order valence-electron chi connectivity index (χ4n) is 5.77. The number of aryl methyl sites for hydroxylation is 1. The molecular weight excluding hydrogens is 424 g/mol. The number of nitrogens with zero attached hydrogens (tertiary/aromatic N) is 3. The van der Waals surface area contributed by atoms with Crippen LogP contribution in [0, 0.1) is 18.8 Å². The van der Waals surface area contributed by atoms with Gasteiger partial charge in [0.25, 0.3) is 0 Å². The summed E-state index contributed by atoms with van der Waals surface area (Å²) in [4.78, 5) is 34.2. The van der Waals surface area contributed by atoms with Crippen LogP contribution in [-0.2, 0) is 9.59 Å². The van der Waals surface area contributed by atoms with Crippen molar-refractivity contribution in [3.8, 4) is 0 Å². The molecule has 0 unspecified atom stereocenters. The smallest absolute Gasteiger partial charge is 0.231 e. The standard InChI is InChI=1S/C28H36N4O2/c1-20-26(8-5-15-29-20)32-18-24(19-32)27(33)30-25-11-9-21(10-12-25)22-13-16-31(17-14-22)28(34)23-6-3-2-4-7-23/h5,8-12,15,22-24H,2-4,6-7,13-14,16-19H2,1H3,(H,30,33). The van der Waals surface area contributed by atoms with E-state index < -0.39 is 0 Å². The van der Waals surface area contributed by atoms with Crippen LogP contribution in [0.15, 0.2) is 42.6 Å². The maximum Gasteiger partial charge on any atom is 0.231 e. The Bertz CT molecular complexity index is 1000. The van der Waals surface area contributed by atoms with E-state index >= 15 is 0 Å². The number of hydrogen-bond acceptors (Lipinski definition) is 4. The maximum atomic E-state index is 12.8. The van der Waals surface area contributed by atoms with Gasteiger partial charge in [0.1, 0.15) is 0 Å². The van der Waals surface area contributed by atoms with Gasteiger partial charge in [0.2, 0.25) is 11.8 Å². The Kier molecular flexibility index (Phi) is 6.84. The number of pyridine rings is 1. The zero-order valence-corrected chi connectivity index (χ0v) is 20.2. The van der Waals surface area contributed by atoms with Crippen LogP contribution in [0.2, 0.25) is 0 Å². The van der Waals surface area contributed by atoms with Crippen molar-refractivity contribution in [2.24, 2.45) is 11.8 Å². The number of aromatic nitrogens is 1. The summed E-state index contributed by atoms with van der Waals surface area (Å²) in [6.45, 7) is 5.20. The number of likely N-dealkylation sites (tertiary alicyclic amines) is 1. The number of amides is 2. The van der Waals surface area contributed by atoms with E-state index in [1.165, 1.54) is 24.8 Å². The number of anilines is 2. The molecule has 2 saturated heterocycles. The van der Waals surface area contributed by atoms with E-state index in [4.69, 9.17) is 0 Å². The molecule has 5 rings (SSSR count). The molecule has 2 aromatic rings. The Hall–Kier alpha value is -2.89. The lowest BCUT2D eigenvalue weighted by Crippen LogP contribution is -2.52. The first-order valence-corrected chi connectivity index (χ1v) is 12.9. The average molecular weight is 461 g/mol. The van der Waals surface area contributed by atoms with E-state index in [2.05, 4.69) is 38.3 Å². The molecule has 3 fully saturated rings. The van der Waals surface area contributed by atoms with Gasteiger partial charge in [-0.05, 0) is 68.4 Å². The highest BCUT2D eigenvalue weighted by Crippen LogP contribution is 2.32. The highest BCUT2D eigenvalue weighted by Gasteiger charge is 2.34. The molecule has 1 aliphatic carbocycles. The molecule has 0 radical (unpaired) electrons. The quantitative estimate of drug-likeness (QED) is 0.699. The minimum Gasteiger partial charge on any atom is -0.368 e. The van der Waals surface area contributed by atoms with Gasteiger partial charge in [0.05, 0.1) is 17.3 Å². The normalized spacial score (nSPS) is 20.1. The monoisotopic (exact) mass is 460 g/mol. The van der Waals surface area contributed by atoms with E-state index in [1.807, 2.05) is 25.1 Å². The molecule has 34 heavy (non-hydrogen) atoms. The predicted molar refractivity (Wildman–Crippen MR) is 135 cm³/mol. The van der Waals surface area contributed by atoms with E-state index in [9.17, 15) is 9.59 Å². The molecule has 1 aromatic heterocycles. The van der Waals surface area contributed by atoms with Gasteiger partial charge in [-0.25, -0.2) is 0 Å². The number of benzene rings is 1. The lowest BCUT2D eigenvalue weighted by Gasteiger charge is -2.40.